The van der Waals surface area contributed by atoms with E-state index in [9.17, 15) is 18.0 Å². The minimum absolute atomic E-state index is 0.00356. The predicted molar refractivity (Wildman–Crippen MR) is 155 cm³/mol. The number of sulfonamides is 1. The fraction of sp³-hybridized carbons (Fsp3) is 0.355. The number of hydrogen-bond donors (Lipinski definition) is 2. The van der Waals surface area contributed by atoms with Gasteiger partial charge >= 0.3 is 6.03 Å². The molecule has 40 heavy (non-hydrogen) atoms. The number of aryl methyl sites for hydroxylation is 3. The molecule has 0 radical (unpaired) electrons. The van der Waals surface area contributed by atoms with Crippen molar-refractivity contribution in [1.29, 1.82) is 0 Å². The summed E-state index contributed by atoms with van der Waals surface area (Å²) in [5.41, 5.74) is 7.94. The van der Waals surface area contributed by atoms with E-state index < -0.39 is 16.1 Å². The van der Waals surface area contributed by atoms with Crippen molar-refractivity contribution in [3.8, 4) is 5.75 Å². The van der Waals surface area contributed by atoms with Crippen LogP contribution >= 0.6 is 0 Å². The van der Waals surface area contributed by atoms with Gasteiger partial charge in [0.15, 0.2) is 0 Å². The largest absolute Gasteiger partial charge is 0.496 e. The molecule has 2 aliphatic carbocycles. The molecule has 2 aliphatic rings. The number of rotatable bonds is 8. The number of likely N-dealkylation sites (N-methyl/N-ethyl adjacent to an activating group) is 1. The third-order valence-electron chi connectivity index (χ3n) is 7.84. The Hall–Kier alpha value is -3.85. The summed E-state index contributed by atoms with van der Waals surface area (Å²) in [5, 5.41) is 2.87. The van der Waals surface area contributed by atoms with Gasteiger partial charge in [-0.25, -0.2) is 17.9 Å². The highest BCUT2D eigenvalue weighted by Crippen LogP contribution is 2.38. The summed E-state index contributed by atoms with van der Waals surface area (Å²) >= 11 is 0. The zero-order valence-corrected chi connectivity index (χ0v) is 24.0. The van der Waals surface area contributed by atoms with Crippen LogP contribution in [0.3, 0.4) is 0 Å². The molecule has 9 heteroatoms. The summed E-state index contributed by atoms with van der Waals surface area (Å²) in [6.07, 6.45) is 6.40. The van der Waals surface area contributed by atoms with Crippen LogP contribution in [0.4, 0.5) is 10.5 Å². The Morgan fingerprint density at radius 1 is 0.925 bits per heavy atom. The first-order valence-corrected chi connectivity index (χ1v) is 15.1. The Morgan fingerprint density at radius 3 is 2.20 bits per heavy atom. The van der Waals surface area contributed by atoms with E-state index in [1.165, 1.54) is 30.4 Å². The second-order valence-electron chi connectivity index (χ2n) is 10.6. The third-order valence-corrected chi connectivity index (χ3v) is 9.19. The molecule has 0 aromatic heterocycles. The summed E-state index contributed by atoms with van der Waals surface area (Å²) in [5.74, 6) is 0.374. The number of carbonyl (C=O) groups is 2. The molecule has 5 rings (SSSR count). The summed E-state index contributed by atoms with van der Waals surface area (Å²) in [6.45, 7) is 2.36. The van der Waals surface area contributed by atoms with Crippen molar-refractivity contribution in [3.05, 3.63) is 87.5 Å². The lowest BCUT2D eigenvalue weighted by Crippen LogP contribution is -2.35. The lowest BCUT2D eigenvalue weighted by atomic mass is 9.99. The molecule has 0 saturated heterocycles. The SMILES string of the molecule is COc1ccc(C)cc1C(=O)N(C)CCc1ccc(S(=O)(=O)NC(=O)Nc2c3c(cc4c2CCC4)CCC3)cc1. The van der Waals surface area contributed by atoms with Gasteiger partial charge in [0.05, 0.1) is 17.6 Å². The normalized spacial score (nSPS) is 13.9. The molecule has 0 unspecified atom stereocenters. The smallest absolute Gasteiger partial charge is 0.333 e. The fourth-order valence-electron chi connectivity index (χ4n) is 5.72. The van der Waals surface area contributed by atoms with Crippen LogP contribution in [0.1, 0.15) is 56.6 Å². The minimum atomic E-state index is -4.06. The standard InChI is InChI=1S/C31H35N3O5S/c1-20-10-15-28(39-3)27(18-20)30(35)34(2)17-16-21-11-13-24(14-12-21)40(37,38)33-31(36)32-29-25-8-4-6-22(25)19-23-7-5-9-26(23)29/h10-15,18-19H,4-9,16-17H2,1-3H3,(H2,32,33,36). The summed E-state index contributed by atoms with van der Waals surface area (Å²) in [7, 11) is -0.796. The van der Waals surface area contributed by atoms with Crippen LogP contribution in [-0.2, 0) is 42.1 Å². The van der Waals surface area contributed by atoms with Gasteiger partial charge in [-0.05, 0) is 104 Å². The number of anilines is 1. The van der Waals surface area contributed by atoms with Gasteiger partial charge in [0.1, 0.15) is 5.75 Å². The average Bonchev–Trinajstić information content (AvgIpc) is 3.61. The lowest BCUT2D eigenvalue weighted by Gasteiger charge is -2.19. The Kier molecular flexibility index (Phi) is 7.85. The molecule has 210 valence electrons. The molecule has 0 bridgehead atoms. The second-order valence-corrected chi connectivity index (χ2v) is 12.3. The maximum Gasteiger partial charge on any atom is 0.333 e. The highest BCUT2D eigenvalue weighted by molar-refractivity contribution is 7.90. The van der Waals surface area contributed by atoms with E-state index in [0.29, 0.717) is 24.3 Å². The van der Waals surface area contributed by atoms with Crippen molar-refractivity contribution in [1.82, 2.24) is 9.62 Å². The molecule has 8 nitrogen and oxygen atoms in total. The Labute approximate surface area is 235 Å². The monoisotopic (exact) mass is 561 g/mol. The number of ether oxygens (including phenoxy) is 1. The fourth-order valence-corrected chi connectivity index (χ4v) is 6.62. The average molecular weight is 562 g/mol. The third kappa shape index (κ3) is 5.70. The molecule has 3 aromatic rings. The molecule has 3 aromatic carbocycles. The van der Waals surface area contributed by atoms with Crippen LogP contribution in [0.2, 0.25) is 0 Å². The maximum absolute atomic E-state index is 13.0. The van der Waals surface area contributed by atoms with Gasteiger partial charge in [-0.1, -0.05) is 29.8 Å². The van der Waals surface area contributed by atoms with Crippen LogP contribution in [0, 0.1) is 6.92 Å². The Balaban J connectivity index is 1.21. The van der Waals surface area contributed by atoms with Crippen molar-refractivity contribution < 1.29 is 22.7 Å². The van der Waals surface area contributed by atoms with Crippen LogP contribution in [0.15, 0.2) is 53.4 Å². The summed E-state index contributed by atoms with van der Waals surface area (Å²) < 4.78 is 33.5. The van der Waals surface area contributed by atoms with Crippen molar-refractivity contribution in [2.45, 2.75) is 56.8 Å². The molecule has 2 N–H and O–H groups in total. The van der Waals surface area contributed by atoms with Crippen molar-refractivity contribution in [3.63, 3.8) is 0 Å². The zero-order chi connectivity index (χ0) is 28.4. The van der Waals surface area contributed by atoms with E-state index >= 15 is 0 Å². The van der Waals surface area contributed by atoms with Gasteiger partial charge in [-0.15, -0.1) is 0 Å². The van der Waals surface area contributed by atoms with Crippen LogP contribution in [0.5, 0.6) is 5.75 Å². The van der Waals surface area contributed by atoms with E-state index in [0.717, 1.165) is 66.5 Å². The molecule has 0 aliphatic heterocycles. The lowest BCUT2D eigenvalue weighted by molar-refractivity contribution is 0.0793. The van der Waals surface area contributed by atoms with Gasteiger partial charge < -0.3 is 15.0 Å². The molecular formula is C31H35N3O5S. The first-order valence-electron chi connectivity index (χ1n) is 13.7. The van der Waals surface area contributed by atoms with Gasteiger partial charge in [0, 0.05) is 19.3 Å². The van der Waals surface area contributed by atoms with E-state index in [-0.39, 0.29) is 10.8 Å². The highest BCUT2D eigenvalue weighted by Gasteiger charge is 2.26. The Bertz CT molecular complexity index is 1530. The first-order chi connectivity index (χ1) is 19.2. The number of nitrogens with one attached hydrogen (secondary N) is 2. The van der Waals surface area contributed by atoms with Crippen LogP contribution in [-0.4, -0.2) is 46.0 Å². The van der Waals surface area contributed by atoms with E-state index in [4.69, 9.17) is 4.74 Å². The second kappa shape index (κ2) is 11.3. The quantitative estimate of drug-likeness (QED) is 0.411. The van der Waals surface area contributed by atoms with Gasteiger partial charge in [0.2, 0.25) is 0 Å². The van der Waals surface area contributed by atoms with E-state index in [2.05, 4.69) is 16.1 Å². The number of carbonyl (C=O) groups excluding carboxylic acids is 2. The molecular weight excluding hydrogens is 526 g/mol. The van der Waals surface area contributed by atoms with Crippen molar-refractivity contribution in [2.75, 3.05) is 26.0 Å². The minimum Gasteiger partial charge on any atom is -0.496 e. The topological polar surface area (TPSA) is 105 Å². The number of urea groups is 1. The number of fused-ring (bicyclic) bond motifs is 2. The number of amides is 3. The number of hydrogen-bond acceptors (Lipinski definition) is 5. The van der Waals surface area contributed by atoms with Crippen LogP contribution < -0.4 is 14.8 Å². The molecule has 0 saturated carbocycles. The van der Waals surface area contributed by atoms with E-state index in [1.54, 1.807) is 36.2 Å². The van der Waals surface area contributed by atoms with Gasteiger partial charge in [-0.2, -0.15) is 0 Å². The Morgan fingerprint density at radius 2 is 1.57 bits per heavy atom. The maximum atomic E-state index is 13.0. The number of methoxy groups -OCH3 is 1. The van der Waals surface area contributed by atoms with Crippen molar-refractivity contribution in [2.24, 2.45) is 0 Å². The molecule has 0 heterocycles. The molecule has 3 amide bonds. The van der Waals surface area contributed by atoms with Gasteiger partial charge in [0.25, 0.3) is 15.9 Å². The van der Waals surface area contributed by atoms with Crippen LogP contribution in [0.25, 0.3) is 0 Å². The first kappa shape index (κ1) is 27.7. The number of benzene rings is 3. The molecule has 0 fully saturated rings. The predicted octanol–water partition coefficient (Wildman–Crippen LogP) is 4.81. The van der Waals surface area contributed by atoms with Crippen molar-refractivity contribution >= 4 is 27.6 Å². The summed E-state index contributed by atoms with van der Waals surface area (Å²) in [4.78, 5) is 27.4. The zero-order valence-electron chi connectivity index (χ0n) is 23.2. The highest BCUT2D eigenvalue weighted by atomic mass is 32.2. The summed E-state index contributed by atoms with van der Waals surface area (Å²) in [6, 6.07) is 13.4. The molecule has 0 atom stereocenters. The van der Waals surface area contributed by atoms with Gasteiger partial charge in [-0.3, -0.25) is 4.79 Å². The number of nitrogens with zero attached hydrogens (tertiary/aromatic N) is 1. The molecule has 0 spiro atoms. The van der Waals surface area contributed by atoms with E-state index in [1.807, 2.05) is 13.0 Å².